The molecule has 2 unspecified atom stereocenters. The maximum Gasteiger partial charge on any atom is 0.335 e. The lowest BCUT2D eigenvalue weighted by Crippen LogP contribution is -2.27. The van der Waals surface area contributed by atoms with E-state index in [0.717, 1.165) is 0 Å². The Morgan fingerprint density at radius 1 is 1.31 bits per heavy atom. The van der Waals surface area contributed by atoms with Gasteiger partial charge in [0.2, 0.25) is 6.08 Å². The fourth-order valence-corrected chi connectivity index (χ4v) is 1.19. The summed E-state index contributed by atoms with van der Waals surface area (Å²) in [6.07, 6.45) is -2.33. The van der Waals surface area contributed by atoms with E-state index in [1.165, 1.54) is 24.3 Å². The molecule has 0 amide bonds. The number of hydrogen-bond acceptors (Lipinski definition) is 5. The van der Waals surface area contributed by atoms with Crippen molar-refractivity contribution in [2.24, 2.45) is 4.99 Å². The van der Waals surface area contributed by atoms with E-state index in [1.807, 2.05) is 0 Å². The van der Waals surface area contributed by atoms with Gasteiger partial charge < -0.3 is 15.3 Å². The number of rotatable bonds is 4. The molecule has 1 aromatic rings. The number of carbonyl (C=O) groups excluding carboxylic acids is 1. The van der Waals surface area contributed by atoms with Gasteiger partial charge >= 0.3 is 5.97 Å². The molecule has 0 saturated carbocycles. The van der Waals surface area contributed by atoms with Crippen LogP contribution in [0.3, 0.4) is 0 Å². The summed E-state index contributed by atoms with van der Waals surface area (Å²) in [4.78, 5) is 23.9. The first-order valence-corrected chi connectivity index (χ1v) is 4.33. The standard InChI is InChI=1S/C10H9NO5/c12-5-11-7-4-2-1-3-6(7)8(13)9(14)10(15)16/h1-4,8-9,13-14H,(H,15,16). The molecule has 0 aromatic heterocycles. The number of aliphatic carboxylic acids is 1. The summed E-state index contributed by atoms with van der Waals surface area (Å²) in [5.74, 6) is -1.56. The zero-order valence-electron chi connectivity index (χ0n) is 8.07. The number of para-hydroxylation sites is 1. The second kappa shape index (κ2) is 5.18. The van der Waals surface area contributed by atoms with Crippen molar-refractivity contribution in [1.29, 1.82) is 0 Å². The summed E-state index contributed by atoms with van der Waals surface area (Å²) >= 11 is 0. The van der Waals surface area contributed by atoms with Crippen molar-refractivity contribution >= 4 is 17.7 Å². The Labute approximate surface area is 90.5 Å². The molecule has 3 N–H and O–H groups in total. The van der Waals surface area contributed by atoms with Crippen molar-refractivity contribution in [3.63, 3.8) is 0 Å². The lowest BCUT2D eigenvalue weighted by Gasteiger charge is -2.15. The number of isocyanates is 1. The lowest BCUT2D eigenvalue weighted by molar-refractivity contribution is -0.153. The first-order chi connectivity index (χ1) is 7.57. The quantitative estimate of drug-likeness (QED) is 0.497. The minimum Gasteiger partial charge on any atom is -0.479 e. The number of carboxylic acid groups (broad SMARTS) is 1. The fraction of sp³-hybridized carbons (Fsp3) is 0.200. The van der Waals surface area contributed by atoms with Crippen LogP contribution in [-0.2, 0) is 9.59 Å². The summed E-state index contributed by atoms with van der Waals surface area (Å²) in [7, 11) is 0. The van der Waals surface area contributed by atoms with Gasteiger partial charge in [0.25, 0.3) is 0 Å². The van der Waals surface area contributed by atoms with Crippen molar-refractivity contribution in [3.05, 3.63) is 29.8 Å². The zero-order chi connectivity index (χ0) is 12.1. The molecule has 0 heterocycles. The van der Waals surface area contributed by atoms with Crippen molar-refractivity contribution in [2.45, 2.75) is 12.2 Å². The van der Waals surface area contributed by atoms with E-state index in [4.69, 9.17) is 10.2 Å². The van der Waals surface area contributed by atoms with Gasteiger partial charge in [-0.25, -0.2) is 9.59 Å². The molecule has 0 spiro atoms. The van der Waals surface area contributed by atoms with Crippen molar-refractivity contribution in [3.8, 4) is 0 Å². The maximum atomic E-state index is 10.5. The Hall–Kier alpha value is -2.01. The minimum atomic E-state index is -1.97. The van der Waals surface area contributed by atoms with Gasteiger partial charge in [0, 0.05) is 5.56 Å². The van der Waals surface area contributed by atoms with Crippen LogP contribution in [0, 0.1) is 0 Å². The third kappa shape index (κ3) is 2.52. The van der Waals surface area contributed by atoms with Crippen LogP contribution < -0.4 is 0 Å². The van der Waals surface area contributed by atoms with E-state index in [0.29, 0.717) is 0 Å². The van der Waals surface area contributed by atoms with Crippen molar-refractivity contribution in [2.75, 3.05) is 0 Å². The number of carboxylic acids is 1. The van der Waals surface area contributed by atoms with Crippen LogP contribution in [0.25, 0.3) is 0 Å². The molecule has 84 valence electrons. The van der Waals surface area contributed by atoms with Gasteiger partial charge in [0.1, 0.15) is 6.10 Å². The number of aliphatic imine (C=N–C) groups is 1. The SMILES string of the molecule is O=C=Nc1ccccc1C(O)C(O)C(=O)O. The Balaban J connectivity index is 3.12. The highest BCUT2D eigenvalue weighted by atomic mass is 16.4. The van der Waals surface area contributed by atoms with E-state index < -0.39 is 18.2 Å². The molecular weight excluding hydrogens is 214 g/mol. The first kappa shape index (κ1) is 12.1. The Morgan fingerprint density at radius 3 is 2.50 bits per heavy atom. The average molecular weight is 223 g/mol. The van der Waals surface area contributed by atoms with Crippen LogP contribution in [0.1, 0.15) is 11.7 Å². The van der Waals surface area contributed by atoms with E-state index in [9.17, 15) is 14.7 Å². The van der Waals surface area contributed by atoms with Crippen LogP contribution in [0.2, 0.25) is 0 Å². The number of aliphatic hydroxyl groups is 2. The van der Waals surface area contributed by atoms with Gasteiger partial charge in [0.05, 0.1) is 5.69 Å². The van der Waals surface area contributed by atoms with Crippen LogP contribution in [0.5, 0.6) is 0 Å². The van der Waals surface area contributed by atoms with Gasteiger partial charge in [-0.2, -0.15) is 4.99 Å². The molecule has 0 radical (unpaired) electrons. The molecule has 0 aliphatic heterocycles. The molecule has 6 nitrogen and oxygen atoms in total. The molecule has 1 aromatic carbocycles. The van der Waals surface area contributed by atoms with Gasteiger partial charge in [-0.3, -0.25) is 0 Å². The number of carbonyl (C=O) groups is 1. The number of benzene rings is 1. The summed E-state index contributed by atoms with van der Waals surface area (Å²) in [5.41, 5.74) is 0.131. The third-order valence-corrected chi connectivity index (χ3v) is 1.97. The van der Waals surface area contributed by atoms with Crippen LogP contribution >= 0.6 is 0 Å². The van der Waals surface area contributed by atoms with Crippen LogP contribution in [-0.4, -0.2) is 33.5 Å². The highest BCUT2D eigenvalue weighted by molar-refractivity contribution is 5.73. The molecule has 0 bridgehead atoms. The topological polar surface area (TPSA) is 107 Å². The molecule has 0 aliphatic rings. The monoisotopic (exact) mass is 223 g/mol. The second-order valence-electron chi connectivity index (χ2n) is 2.99. The Kier molecular flexibility index (Phi) is 3.90. The molecule has 0 saturated heterocycles. The minimum absolute atomic E-state index is 0.0563. The van der Waals surface area contributed by atoms with E-state index >= 15 is 0 Å². The molecule has 16 heavy (non-hydrogen) atoms. The maximum absolute atomic E-state index is 10.5. The van der Waals surface area contributed by atoms with Crippen molar-refractivity contribution < 1.29 is 24.9 Å². The number of hydrogen-bond donors (Lipinski definition) is 3. The van der Waals surface area contributed by atoms with E-state index in [-0.39, 0.29) is 11.3 Å². The highest BCUT2D eigenvalue weighted by Crippen LogP contribution is 2.27. The lowest BCUT2D eigenvalue weighted by atomic mass is 10.0. The van der Waals surface area contributed by atoms with Gasteiger partial charge in [-0.15, -0.1) is 0 Å². The van der Waals surface area contributed by atoms with Gasteiger partial charge in [0.15, 0.2) is 6.10 Å². The Morgan fingerprint density at radius 2 is 1.94 bits per heavy atom. The summed E-state index contributed by atoms with van der Waals surface area (Å²) in [5, 5.41) is 27.2. The smallest absolute Gasteiger partial charge is 0.335 e. The molecular formula is C10H9NO5. The van der Waals surface area contributed by atoms with Crippen molar-refractivity contribution in [1.82, 2.24) is 0 Å². The predicted molar refractivity (Wildman–Crippen MR) is 52.8 cm³/mol. The van der Waals surface area contributed by atoms with Gasteiger partial charge in [-0.05, 0) is 6.07 Å². The largest absolute Gasteiger partial charge is 0.479 e. The molecule has 0 fully saturated rings. The number of aliphatic hydroxyl groups excluding tert-OH is 2. The van der Waals surface area contributed by atoms with Crippen LogP contribution in [0.4, 0.5) is 5.69 Å². The molecule has 2 atom stereocenters. The van der Waals surface area contributed by atoms with Crippen LogP contribution in [0.15, 0.2) is 29.3 Å². The predicted octanol–water partition coefficient (Wildman–Crippen LogP) is 0.133. The average Bonchev–Trinajstić information content (AvgIpc) is 2.28. The first-order valence-electron chi connectivity index (χ1n) is 4.33. The molecule has 6 heteroatoms. The summed E-state index contributed by atoms with van der Waals surface area (Å²) in [6.45, 7) is 0. The second-order valence-corrected chi connectivity index (χ2v) is 2.99. The number of nitrogens with zero attached hydrogens (tertiary/aromatic N) is 1. The van der Waals surface area contributed by atoms with E-state index in [2.05, 4.69) is 4.99 Å². The van der Waals surface area contributed by atoms with Gasteiger partial charge in [-0.1, -0.05) is 18.2 Å². The summed E-state index contributed by atoms with van der Waals surface area (Å²) < 4.78 is 0. The summed E-state index contributed by atoms with van der Waals surface area (Å²) in [6, 6.07) is 5.85. The zero-order valence-corrected chi connectivity index (χ0v) is 8.07. The molecule has 1 rings (SSSR count). The third-order valence-electron chi connectivity index (χ3n) is 1.97. The fourth-order valence-electron chi connectivity index (χ4n) is 1.19. The highest BCUT2D eigenvalue weighted by Gasteiger charge is 2.26. The molecule has 0 aliphatic carbocycles. The normalized spacial score (nSPS) is 13.6. The Bertz CT molecular complexity index is 439. The van der Waals surface area contributed by atoms with E-state index in [1.54, 1.807) is 6.07 Å².